The van der Waals surface area contributed by atoms with Gasteiger partial charge in [0.15, 0.2) is 0 Å². The van der Waals surface area contributed by atoms with Crippen LogP contribution in [0.5, 0.6) is 0 Å². The summed E-state index contributed by atoms with van der Waals surface area (Å²) in [6.45, 7) is 1.88. The van der Waals surface area contributed by atoms with E-state index >= 15 is 0 Å². The minimum atomic E-state index is -0.877. The largest absolute Gasteiger partial charge is 0.478 e. The maximum absolute atomic E-state index is 11.5. The average molecular weight is 327 g/mol. The van der Waals surface area contributed by atoms with Crippen molar-refractivity contribution in [3.63, 3.8) is 0 Å². The Kier molecular flexibility index (Phi) is 4.47. The van der Waals surface area contributed by atoms with Gasteiger partial charge >= 0.3 is 5.97 Å². The maximum atomic E-state index is 11.5. The lowest BCUT2D eigenvalue weighted by Crippen LogP contribution is -2.38. The maximum Gasteiger partial charge on any atom is 0.338 e. The van der Waals surface area contributed by atoms with Crippen molar-refractivity contribution in [1.82, 2.24) is 4.90 Å². The lowest BCUT2D eigenvalue weighted by Gasteiger charge is -2.30. The van der Waals surface area contributed by atoms with E-state index in [9.17, 15) is 9.90 Å². The second-order valence-electron chi connectivity index (χ2n) is 5.19. The number of anilines is 1. The fraction of sp³-hybridized carbons (Fsp3) is 0.500. The summed E-state index contributed by atoms with van der Waals surface area (Å²) in [5.74, 6) is -0.877. The summed E-state index contributed by atoms with van der Waals surface area (Å²) in [5.41, 5.74) is 1.19. The molecule has 2 rings (SSSR count). The fourth-order valence-electron chi connectivity index (χ4n) is 2.73. The van der Waals surface area contributed by atoms with E-state index in [4.69, 9.17) is 0 Å². The van der Waals surface area contributed by atoms with Gasteiger partial charge in [0, 0.05) is 23.6 Å². The molecule has 1 unspecified atom stereocenters. The van der Waals surface area contributed by atoms with Crippen molar-refractivity contribution in [3.05, 3.63) is 28.2 Å². The van der Waals surface area contributed by atoms with Crippen molar-refractivity contribution in [2.75, 3.05) is 32.1 Å². The molecule has 1 heterocycles. The number of aromatic carboxylic acids is 1. The Hall–Kier alpha value is -1.07. The van der Waals surface area contributed by atoms with E-state index in [0.29, 0.717) is 16.1 Å². The predicted molar refractivity (Wildman–Crippen MR) is 80.0 cm³/mol. The van der Waals surface area contributed by atoms with Crippen LogP contribution >= 0.6 is 15.9 Å². The molecule has 1 aliphatic heterocycles. The highest BCUT2D eigenvalue weighted by Gasteiger charge is 2.28. The molecule has 1 aromatic carbocycles. The number of hydrogen-bond acceptors (Lipinski definition) is 3. The molecular weight excluding hydrogens is 308 g/mol. The van der Waals surface area contributed by atoms with Crippen LogP contribution in [0, 0.1) is 0 Å². The van der Waals surface area contributed by atoms with Gasteiger partial charge in [-0.1, -0.05) is 6.07 Å². The van der Waals surface area contributed by atoms with Crippen LogP contribution in [0.2, 0.25) is 0 Å². The zero-order chi connectivity index (χ0) is 14.0. The molecule has 0 radical (unpaired) electrons. The molecule has 0 bridgehead atoms. The Bertz CT molecular complexity index is 477. The minimum absolute atomic E-state index is 0.369. The summed E-state index contributed by atoms with van der Waals surface area (Å²) in [6.07, 6.45) is 2.23. The van der Waals surface area contributed by atoms with E-state index in [2.05, 4.69) is 39.8 Å². The lowest BCUT2D eigenvalue weighted by molar-refractivity contribution is 0.0696. The van der Waals surface area contributed by atoms with Crippen LogP contribution < -0.4 is 4.90 Å². The summed E-state index contributed by atoms with van der Waals surface area (Å²) in [5, 5.41) is 9.41. The molecule has 1 N–H and O–H groups in total. The van der Waals surface area contributed by atoms with E-state index in [1.165, 1.54) is 0 Å². The smallest absolute Gasteiger partial charge is 0.338 e. The van der Waals surface area contributed by atoms with Crippen LogP contribution in [-0.2, 0) is 0 Å². The van der Waals surface area contributed by atoms with E-state index in [1.54, 1.807) is 6.07 Å². The third kappa shape index (κ3) is 3.09. The van der Waals surface area contributed by atoms with E-state index in [0.717, 1.165) is 31.6 Å². The van der Waals surface area contributed by atoms with Gasteiger partial charge in [-0.15, -0.1) is 0 Å². The van der Waals surface area contributed by atoms with Gasteiger partial charge in [-0.25, -0.2) is 4.79 Å². The van der Waals surface area contributed by atoms with Gasteiger partial charge in [0.05, 0.1) is 11.3 Å². The first-order valence-corrected chi connectivity index (χ1v) is 7.23. The topological polar surface area (TPSA) is 43.8 Å². The Morgan fingerprint density at radius 2 is 2.26 bits per heavy atom. The monoisotopic (exact) mass is 326 g/mol. The standard InChI is InChI=1S/C14H19BrN2O2/c1-16(2)9-10-5-4-8-17(10)12-7-3-6-11(15)13(12)14(18)19/h3,6-7,10H,4-5,8-9H2,1-2H3,(H,18,19). The minimum Gasteiger partial charge on any atom is -0.478 e. The zero-order valence-electron chi connectivity index (χ0n) is 11.3. The van der Waals surface area contributed by atoms with Gasteiger partial charge in [0.1, 0.15) is 0 Å². The molecule has 1 aromatic rings. The predicted octanol–water partition coefficient (Wildman–Crippen LogP) is 2.68. The molecule has 0 aromatic heterocycles. The van der Waals surface area contributed by atoms with Crippen LogP contribution in [0.3, 0.4) is 0 Å². The zero-order valence-corrected chi connectivity index (χ0v) is 12.9. The second-order valence-corrected chi connectivity index (χ2v) is 6.05. The Balaban J connectivity index is 2.35. The van der Waals surface area contributed by atoms with Gasteiger partial charge in [-0.2, -0.15) is 0 Å². The Morgan fingerprint density at radius 3 is 2.89 bits per heavy atom. The Morgan fingerprint density at radius 1 is 1.53 bits per heavy atom. The van der Waals surface area contributed by atoms with Crippen molar-refractivity contribution in [2.24, 2.45) is 0 Å². The second kappa shape index (κ2) is 5.92. The van der Waals surface area contributed by atoms with Gasteiger partial charge in [-0.3, -0.25) is 0 Å². The first-order chi connectivity index (χ1) is 9.00. The van der Waals surface area contributed by atoms with Crippen LogP contribution in [0.1, 0.15) is 23.2 Å². The molecule has 0 amide bonds. The average Bonchev–Trinajstić information content (AvgIpc) is 2.75. The summed E-state index contributed by atoms with van der Waals surface area (Å²) in [6, 6.07) is 5.98. The summed E-state index contributed by atoms with van der Waals surface area (Å²) in [4.78, 5) is 15.8. The molecule has 0 saturated carbocycles. The normalized spacial score (nSPS) is 19.2. The quantitative estimate of drug-likeness (QED) is 0.923. The number of hydrogen-bond donors (Lipinski definition) is 1. The third-order valence-electron chi connectivity index (χ3n) is 3.47. The van der Waals surface area contributed by atoms with Crippen LogP contribution in [0.15, 0.2) is 22.7 Å². The van der Waals surface area contributed by atoms with Crippen LogP contribution in [-0.4, -0.2) is 49.2 Å². The lowest BCUT2D eigenvalue weighted by atomic mass is 10.1. The van der Waals surface area contributed by atoms with Crippen molar-refractivity contribution >= 4 is 27.6 Å². The highest BCUT2D eigenvalue weighted by molar-refractivity contribution is 9.10. The molecule has 104 valence electrons. The first kappa shape index (κ1) is 14.3. The number of carboxylic acid groups (broad SMARTS) is 1. The molecular formula is C14H19BrN2O2. The van der Waals surface area contributed by atoms with Crippen molar-refractivity contribution in [2.45, 2.75) is 18.9 Å². The molecule has 1 atom stereocenters. The molecule has 0 spiro atoms. The molecule has 5 heteroatoms. The van der Waals surface area contributed by atoms with E-state index in [1.807, 2.05) is 12.1 Å². The molecule has 1 saturated heterocycles. The molecule has 4 nitrogen and oxygen atoms in total. The number of benzene rings is 1. The van der Waals surface area contributed by atoms with E-state index in [-0.39, 0.29) is 0 Å². The summed E-state index contributed by atoms with van der Waals surface area (Å²) < 4.78 is 0.646. The molecule has 1 aliphatic rings. The SMILES string of the molecule is CN(C)CC1CCCN1c1cccc(Br)c1C(=O)O. The number of likely N-dealkylation sites (N-methyl/N-ethyl adjacent to an activating group) is 1. The summed E-state index contributed by atoms with van der Waals surface area (Å²) in [7, 11) is 4.10. The van der Waals surface area contributed by atoms with Gasteiger partial charge in [-0.05, 0) is 55.0 Å². The molecule has 19 heavy (non-hydrogen) atoms. The van der Waals surface area contributed by atoms with Crippen molar-refractivity contribution < 1.29 is 9.90 Å². The fourth-order valence-corrected chi connectivity index (χ4v) is 3.25. The first-order valence-electron chi connectivity index (χ1n) is 6.44. The number of carboxylic acids is 1. The van der Waals surface area contributed by atoms with Gasteiger partial charge < -0.3 is 14.9 Å². The number of rotatable bonds is 4. The number of carbonyl (C=O) groups is 1. The molecule has 0 aliphatic carbocycles. The Labute approximate surface area is 122 Å². The highest BCUT2D eigenvalue weighted by atomic mass is 79.9. The number of nitrogens with zero attached hydrogens (tertiary/aromatic N) is 2. The van der Waals surface area contributed by atoms with Crippen LogP contribution in [0.4, 0.5) is 5.69 Å². The van der Waals surface area contributed by atoms with Gasteiger partial charge in [0.25, 0.3) is 0 Å². The van der Waals surface area contributed by atoms with Crippen LogP contribution in [0.25, 0.3) is 0 Å². The van der Waals surface area contributed by atoms with Gasteiger partial charge in [0.2, 0.25) is 0 Å². The van der Waals surface area contributed by atoms with Crippen molar-refractivity contribution in [3.8, 4) is 0 Å². The van der Waals surface area contributed by atoms with E-state index < -0.39 is 5.97 Å². The van der Waals surface area contributed by atoms with Crippen molar-refractivity contribution in [1.29, 1.82) is 0 Å². The third-order valence-corrected chi connectivity index (χ3v) is 4.13. The summed E-state index contributed by atoms with van der Waals surface area (Å²) >= 11 is 3.35. The number of halogens is 1. The highest BCUT2D eigenvalue weighted by Crippen LogP contribution is 2.33. The molecule has 1 fully saturated rings.